The largest absolute Gasteiger partial charge is 0.290 e. The third-order valence-corrected chi connectivity index (χ3v) is 2.96. The minimum Gasteiger partial charge on any atom is -0.290 e. The molecule has 1 aliphatic heterocycles. The fraction of sp³-hybridized carbons (Fsp3) is 0.714. The normalized spacial score (nSPS) is 40.6. The van der Waals surface area contributed by atoms with Gasteiger partial charge in [0.25, 0.3) is 0 Å². The van der Waals surface area contributed by atoms with Crippen LogP contribution in [-0.4, -0.2) is 16.6 Å². The average molecular weight is 158 g/mol. The van der Waals surface area contributed by atoms with Crippen LogP contribution in [0.4, 0.5) is 0 Å². The molecular weight excluding hydrogens is 148 g/mol. The first-order valence-electron chi connectivity index (χ1n) is 3.16. The van der Waals surface area contributed by atoms with E-state index in [1.54, 1.807) is 0 Å². The van der Waals surface area contributed by atoms with E-state index in [1.807, 2.05) is 6.92 Å². The van der Waals surface area contributed by atoms with E-state index in [1.165, 1.54) is 0 Å². The van der Waals surface area contributed by atoms with E-state index in [4.69, 9.17) is 10.6 Å². The van der Waals surface area contributed by atoms with Gasteiger partial charge in [-0.3, -0.25) is 4.18 Å². The third-order valence-electron chi connectivity index (χ3n) is 1.65. The van der Waals surface area contributed by atoms with Gasteiger partial charge in [0.15, 0.2) is 11.1 Å². The van der Waals surface area contributed by atoms with Crippen molar-refractivity contribution in [1.29, 1.82) is 0 Å². The van der Waals surface area contributed by atoms with Gasteiger partial charge in [-0.2, -0.15) is 0 Å². The standard InChI is InChI=1S/C7H10O2S/c1-3-7(2)4-5-9-10(8)6-7/h1H,4-6H2,2H3. The van der Waals surface area contributed by atoms with Crippen LogP contribution in [0.5, 0.6) is 0 Å². The zero-order chi connectivity index (χ0) is 7.61. The zero-order valence-electron chi connectivity index (χ0n) is 5.92. The monoisotopic (exact) mass is 158 g/mol. The Morgan fingerprint density at radius 1 is 1.80 bits per heavy atom. The first-order valence-corrected chi connectivity index (χ1v) is 4.40. The number of hydrogen-bond acceptors (Lipinski definition) is 2. The molecule has 2 nitrogen and oxygen atoms in total. The molecule has 0 aromatic carbocycles. The average Bonchev–Trinajstić information content (AvgIpc) is 1.88. The molecule has 0 aromatic rings. The van der Waals surface area contributed by atoms with Crippen LogP contribution in [0.2, 0.25) is 0 Å². The SMILES string of the molecule is C#CC1(C)CCOS(=O)C1. The fourth-order valence-corrected chi connectivity index (χ4v) is 1.95. The minimum atomic E-state index is -1.15. The van der Waals surface area contributed by atoms with E-state index in [-0.39, 0.29) is 5.41 Å². The van der Waals surface area contributed by atoms with Crippen LogP contribution in [0.3, 0.4) is 0 Å². The lowest BCUT2D eigenvalue weighted by Crippen LogP contribution is -2.30. The quantitative estimate of drug-likeness (QED) is 0.485. The first kappa shape index (κ1) is 7.77. The van der Waals surface area contributed by atoms with E-state index in [9.17, 15) is 4.21 Å². The van der Waals surface area contributed by atoms with Gasteiger partial charge in [-0.05, 0) is 13.3 Å². The highest BCUT2D eigenvalue weighted by atomic mass is 32.2. The van der Waals surface area contributed by atoms with Gasteiger partial charge in [0.1, 0.15) is 0 Å². The van der Waals surface area contributed by atoms with Crippen LogP contribution in [0.15, 0.2) is 0 Å². The van der Waals surface area contributed by atoms with Crippen LogP contribution in [0.1, 0.15) is 13.3 Å². The summed E-state index contributed by atoms with van der Waals surface area (Å²) in [5.41, 5.74) is -0.205. The van der Waals surface area contributed by atoms with Crippen molar-refractivity contribution in [3.63, 3.8) is 0 Å². The summed E-state index contributed by atoms with van der Waals surface area (Å²) in [6, 6.07) is 0. The molecule has 1 saturated heterocycles. The highest BCUT2D eigenvalue weighted by molar-refractivity contribution is 7.80. The first-order chi connectivity index (χ1) is 4.66. The zero-order valence-corrected chi connectivity index (χ0v) is 6.74. The topological polar surface area (TPSA) is 26.3 Å². The van der Waals surface area contributed by atoms with Crippen molar-refractivity contribution in [3.8, 4) is 12.3 Å². The molecule has 0 aliphatic carbocycles. The van der Waals surface area contributed by atoms with Crippen LogP contribution >= 0.6 is 0 Å². The Balaban J connectivity index is 2.64. The van der Waals surface area contributed by atoms with Crippen molar-refractivity contribution in [3.05, 3.63) is 0 Å². The molecule has 10 heavy (non-hydrogen) atoms. The highest BCUT2D eigenvalue weighted by Gasteiger charge is 2.29. The molecular formula is C7H10O2S. The van der Waals surface area contributed by atoms with Crippen molar-refractivity contribution in [2.24, 2.45) is 5.41 Å². The summed E-state index contributed by atoms with van der Waals surface area (Å²) < 4.78 is 15.7. The Kier molecular flexibility index (Phi) is 2.12. The minimum absolute atomic E-state index is 0.205. The summed E-state index contributed by atoms with van der Waals surface area (Å²) in [6.07, 6.45) is 6.07. The summed E-state index contributed by atoms with van der Waals surface area (Å²) in [7, 11) is 0. The molecule has 0 spiro atoms. The van der Waals surface area contributed by atoms with E-state index >= 15 is 0 Å². The highest BCUT2D eigenvalue weighted by Crippen LogP contribution is 2.25. The molecule has 0 bridgehead atoms. The van der Waals surface area contributed by atoms with Crippen molar-refractivity contribution in [1.82, 2.24) is 0 Å². The lowest BCUT2D eigenvalue weighted by atomic mass is 9.91. The lowest BCUT2D eigenvalue weighted by Gasteiger charge is -2.26. The fourth-order valence-electron chi connectivity index (χ4n) is 0.848. The van der Waals surface area contributed by atoms with E-state index in [0.29, 0.717) is 12.4 Å². The molecule has 1 fully saturated rings. The smallest absolute Gasteiger partial charge is 0.156 e. The molecule has 1 rings (SSSR count). The summed E-state index contributed by atoms with van der Waals surface area (Å²) in [6.45, 7) is 2.46. The van der Waals surface area contributed by atoms with Crippen molar-refractivity contribution < 1.29 is 8.39 Å². The maximum atomic E-state index is 10.8. The van der Waals surface area contributed by atoms with Crippen LogP contribution in [0, 0.1) is 17.8 Å². The molecule has 0 aromatic heterocycles. The van der Waals surface area contributed by atoms with Gasteiger partial charge in [-0.15, -0.1) is 6.42 Å². The van der Waals surface area contributed by atoms with Gasteiger partial charge < -0.3 is 0 Å². The summed E-state index contributed by atoms with van der Waals surface area (Å²) in [5, 5.41) is 0. The Morgan fingerprint density at radius 3 is 2.90 bits per heavy atom. The summed E-state index contributed by atoms with van der Waals surface area (Å²) in [4.78, 5) is 0. The van der Waals surface area contributed by atoms with Crippen LogP contribution in [-0.2, 0) is 15.3 Å². The van der Waals surface area contributed by atoms with Gasteiger partial charge in [0, 0.05) is 5.41 Å². The van der Waals surface area contributed by atoms with Gasteiger partial charge in [0.2, 0.25) is 0 Å². The molecule has 0 amide bonds. The van der Waals surface area contributed by atoms with Gasteiger partial charge in [-0.25, -0.2) is 4.21 Å². The molecule has 2 atom stereocenters. The van der Waals surface area contributed by atoms with Crippen LogP contribution in [0.25, 0.3) is 0 Å². The lowest BCUT2D eigenvalue weighted by molar-refractivity contribution is 0.256. The molecule has 0 radical (unpaired) electrons. The summed E-state index contributed by atoms with van der Waals surface area (Å²) in [5.74, 6) is 3.11. The van der Waals surface area contributed by atoms with Gasteiger partial charge in [-0.1, -0.05) is 5.92 Å². The third kappa shape index (κ3) is 1.59. The van der Waals surface area contributed by atoms with Crippen molar-refractivity contribution in [2.45, 2.75) is 13.3 Å². The Labute approximate surface area is 63.6 Å². The second-order valence-corrected chi connectivity index (χ2v) is 3.86. The Bertz CT molecular complexity index is 194. The maximum absolute atomic E-state index is 10.8. The van der Waals surface area contributed by atoms with Gasteiger partial charge >= 0.3 is 0 Å². The second kappa shape index (κ2) is 2.73. The molecule has 0 N–H and O–H groups in total. The maximum Gasteiger partial charge on any atom is 0.156 e. The predicted octanol–water partition coefficient (Wildman–Crippen LogP) is 0.710. The van der Waals surface area contributed by atoms with E-state index in [0.717, 1.165) is 6.42 Å². The molecule has 1 aliphatic rings. The van der Waals surface area contributed by atoms with Crippen LogP contribution < -0.4 is 0 Å². The second-order valence-electron chi connectivity index (χ2n) is 2.73. The molecule has 56 valence electrons. The van der Waals surface area contributed by atoms with Gasteiger partial charge in [0.05, 0.1) is 12.4 Å². The molecule has 2 unspecified atom stereocenters. The molecule has 0 saturated carbocycles. The molecule has 3 heteroatoms. The Morgan fingerprint density at radius 2 is 2.50 bits per heavy atom. The van der Waals surface area contributed by atoms with Crippen molar-refractivity contribution in [2.75, 3.05) is 12.4 Å². The van der Waals surface area contributed by atoms with E-state index in [2.05, 4.69) is 5.92 Å². The van der Waals surface area contributed by atoms with E-state index < -0.39 is 11.1 Å². The number of terminal acetylenes is 1. The Hall–Kier alpha value is -0.330. The molecule has 1 heterocycles. The predicted molar refractivity (Wildman–Crippen MR) is 40.5 cm³/mol. The number of rotatable bonds is 0. The summed E-state index contributed by atoms with van der Waals surface area (Å²) >= 11 is -1.15. The number of hydrogen-bond donors (Lipinski definition) is 0. The van der Waals surface area contributed by atoms with Crippen molar-refractivity contribution >= 4 is 11.1 Å².